The lowest BCUT2D eigenvalue weighted by Crippen LogP contribution is -2.28. The Labute approximate surface area is 88.1 Å². The molecule has 0 aliphatic carbocycles. The standard InChI is InChI=1S/C12H11N2O/c1-8-7-13-12-11(15-8)6-9-4-2-3-5-10(9)14-12/h2,4-6,8H,7H2,1H3,(H,13,14)/t8-/m0/s1. The van der Waals surface area contributed by atoms with E-state index in [0.29, 0.717) is 0 Å². The molecule has 1 aliphatic heterocycles. The van der Waals surface area contributed by atoms with E-state index in [1.807, 2.05) is 31.2 Å². The third-order valence-electron chi connectivity index (χ3n) is 2.51. The summed E-state index contributed by atoms with van der Waals surface area (Å²) >= 11 is 0. The molecule has 1 atom stereocenters. The van der Waals surface area contributed by atoms with Gasteiger partial charge in [0.15, 0.2) is 11.6 Å². The van der Waals surface area contributed by atoms with Crippen LogP contribution in [0.1, 0.15) is 6.92 Å². The average molecular weight is 199 g/mol. The van der Waals surface area contributed by atoms with E-state index in [9.17, 15) is 0 Å². The summed E-state index contributed by atoms with van der Waals surface area (Å²) in [6.07, 6.45) is 0.201. The summed E-state index contributed by atoms with van der Waals surface area (Å²) in [7, 11) is 0. The molecule has 0 unspecified atom stereocenters. The van der Waals surface area contributed by atoms with E-state index in [-0.39, 0.29) is 6.10 Å². The second-order valence-electron chi connectivity index (χ2n) is 3.76. The molecular formula is C12H11N2O. The van der Waals surface area contributed by atoms with Gasteiger partial charge in [-0.2, -0.15) is 0 Å². The van der Waals surface area contributed by atoms with Crippen LogP contribution in [0.25, 0.3) is 10.9 Å². The highest BCUT2D eigenvalue weighted by Crippen LogP contribution is 2.30. The van der Waals surface area contributed by atoms with Crippen LogP contribution in [-0.4, -0.2) is 17.6 Å². The molecular weight excluding hydrogens is 188 g/mol. The number of ether oxygens (including phenoxy) is 1. The van der Waals surface area contributed by atoms with Gasteiger partial charge < -0.3 is 10.1 Å². The van der Waals surface area contributed by atoms with Gasteiger partial charge in [-0.05, 0) is 25.1 Å². The van der Waals surface area contributed by atoms with Crippen molar-refractivity contribution in [2.45, 2.75) is 13.0 Å². The van der Waals surface area contributed by atoms with E-state index in [1.165, 1.54) is 0 Å². The minimum absolute atomic E-state index is 0.201. The van der Waals surface area contributed by atoms with Crippen molar-refractivity contribution in [2.75, 3.05) is 11.9 Å². The molecule has 15 heavy (non-hydrogen) atoms. The monoisotopic (exact) mass is 199 g/mol. The first-order valence-electron chi connectivity index (χ1n) is 5.04. The maximum Gasteiger partial charge on any atom is 0.169 e. The van der Waals surface area contributed by atoms with Crippen molar-refractivity contribution in [2.24, 2.45) is 0 Å². The quantitative estimate of drug-likeness (QED) is 0.706. The Hall–Kier alpha value is -1.77. The highest BCUT2D eigenvalue weighted by molar-refractivity contribution is 5.83. The lowest BCUT2D eigenvalue weighted by molar-refractivity contribution is 0.225. The summed E-state index contributed by atoms with van der Waals surface area (Å²) in [5.41, 5.74) is 0.946. The fourth-order valence-corrected chi connectivity index (χ4v) is 1.75. The van der Waals surface area contributed by atoms with Crippen LogP contribution in [0.3, 0.4) is 0 Å². The van der Waals surface area contributed by atoms with Crippen molar-refractivity contribution < 1.29 is 4.74 Å². The minimum Gasteiger partial charge on any atom is -0.485 e. The molecule has 1 aromatic carbocycles. The summed E-state index contributed by atoms with van der Waals surface area (Å²) in [5.74, 6) is 1.67. The second-order valence-corrected chi connectivity index (χ2v) is 3.76. The molecule has 0 spiro atoms. The number of aromatic nitrogens is 1. The van der Waals surface area contributed by atoms with Gasteiger partial charge in [-0.1, -0.05) is 12.1 Å². The maximum absolute atomic E-state index is 5.70. The van der Waals surface area contributed by atoms with Gasteiger partial charge in [0, 0.05) is 5.39 Å². The summed E-state index contributed by atoms with van der Waals surface area (Å²) in [5, 5.41) is 4.34. The molecule has 3 heteroatoms. The van der Waals surface area contributed by atoms with Crippen LogP contribution in [0.4, 0.5) is 5.82 Å². The smallest absolute Gasteiger partial charge is 0.169 e. The van der Waals surface area contributed by atoms with Crippen LogP contribution < -0.4 is 10.1 Å². The molecule has 0 bridgehead atoms. The van der Waals surface area contributed by atoms with Gasteiger partial charge in [0.25, 0.3) is 0 Å². The average Bonchev–Trinajstić information content (AvgIpc) is 2.26. The third kappa shape index (κ3) is 1.40. The topological polar surface area (TPSA) is 34.2 Å². The van der Waals surface area contributed by atoms with Crippen LogP contribution in [0.2, 0.25) is 0 Å². The molecule has 0 fully saturated rings. The summed E-state index contributed by atoms with van der Waals surface area (Å²) in [4.78, 5) is 4.48. The molecule has 3 nitrogen and oxygen atoms in total. The molecule has 0 amide bonds. The Bertz CT molecular complexity index is 510. The number of fused-ring (bicyclic) bond motifs is 2. The molecule has 1 radical (unpaired) electrons. The van der Waals surface area contributed by atoms with Crippen molar-refractivity contribution >= 4 is 16.7 Å². The van der Waals surface area contributed by atoms with E-state index in [0.717, 1.165) is 29.0 Å². The Morgan fingerprint density at radius 3 is 3.47 bits per heavy atom. The number of anilines is 1. The number of benzene rings is 1. The molecule has 2 aromatic rings. The Kier molecular flexibility index (Phi) is 1.78. The molecule has 1 N–H and O–H groups in total. The predicted molar refractivity (Wildman–Crippen MR) is 59.2 cm³/mol. The van der Waals surface area contributed by atoms with Gasteiger partial charge in [0.2, 0.25) is 0 Å². The van der Waals surface area contributed by atoms with Gasteiger partial charge in [0.1, 0.15) is 6.10 Å². The van der Waals surface area contributed by atoms with Crippen molar-refractivity contribution in [3.05, 3.63) is 30.3 Å². The lowest BCUT2D eigenvalue weighted by atomic mass is 10.2. The molecule has 2 heterocycles. The van der Waals surface area contributed by atoms with E-state index < -0.39 is 0 Å². The first kappa shape index (κ1) is 8.53. The summed E-state index contributed by atoms with van der Waals surface area (Å²) < 4.78 is 5.70. The van der Waals surface area contributed by atoms with Gasteiger partial charge in [-0.15, -0.1) is 0 Å². The van der Waals surface area contributed by atoms with Gasteiger partial charge in [0.05, 0.1) is 12.1 Å². The van der Waals surface area contributed by atoms with Crippen molar-refractivity contribution in [1.82, 2.24) is 4.98 Å². The summed E-state index contributed by atoms with van der Waals surface area (Å²) in [6.45, 7) is 2.85. The van der Waals surface area contributed by atoms with Gasteiger partial charge in [-0.3, -0.25) is 0 Å². The largest absolute Gasteiger partial charge is 0.485 e. The number of hydrogen-bond acceptors (Lipinski definition) is 3. The zero-order valence-electron chi connectivity index (χ0n) is 8.45. The number of pyridine rings is 1. The molecule has 0 saturated carbocycles. The maximum atomic E-state index is 5.70. The van der Waals surface area contributed by atoms with Crippen LogP contribution in [-0.2, 0) is 0 Å². The first-order chi connectivity index (χ1) is 7.33. The van der Waals surface area contributed by atoms with Crippen LogP contribution >= 0.6 is 0 Å². The second kappa shape index (κ2) is 3.12. The fourth-order valence-electron chi connectivity index (χ4n) is 1.75. The Morgan fingerprint density at radius 1 is 1.60 bits per heavy atom. The number of hydrogen-bond donors (Lipinski definition) is 1. The number of nitrogens with one attached hydrogen (secondary N) is 1. The molecule has 1 aliphatic rings. The molecule has 3 rings (SSSR count). The van der Waals surface area contributed by atoms with Gasteiger partial charge in [-0.25, -0.2) is 4.98 Å². The van der Waals surface area contributed by atoms with Crippen molar-refractivity contribution in [3.8, 4) is 5.75 Å². The number of rotatable bonds is 0. The molecule has 0 saturated heterocycles. The first-order valence-corrected chi connectivity index (χ1v) is 5.04. The van der Waals surface area contributed by atoms with E-state index in [1.54, 1.807) is 0 Å². The van der Waals surface area contributed by atoms with Crippen LogP contribution in [0.15, 0.2) is 24.3 Å². The fraction of sp³-hybridized carbons (Fsp3) is 0.250. The van der Waals surface area contributed by atoms with Crippen LogP contribution in [0.5, 0.6) is 5.75 Å². The highest BCUT2D eigenvalue weighted by atomic mass is 16.5. The zero-order valence-corrected chi connectivity index (χ0v) is 8.45. The van der Waals surface area contributed by atoms with E-state index in [4.69, 9.17) is 4.74 Å². The molecule has 1 aromatic heterocycles. The highest BCUT2D eigenvalue weighted by Gasteiger charge is 2.16. The Morgan fingerprint density at radius 2 is 2.53 bits per heavy atom. The van der Waals surface area contributed by atoms with Crippen molar-refractivity contribution in [1.29, 1.82) is 0 Å². The number of nitrogens with zero attached hydrogens (tertiary/aromatic N) is 1. The van der Waals surface area contributed by atoms with E-state index in [2.05, 4.69) is 16.4 Å². The zero-order chi connectivity index (χ0) is 10.3. The Balaban J connectivity index is 2.20. The lowest BCUT2D eigenvalue weighted by Gasteiger charge is -2.24. The van der Waals surface area contributed by atoms with Gasteiger partial charge >= 0.3 is 0 Å². The SMILES string of the molecule is C[C@H]1CNc2nc3c[c]ccc3cc2O1. The minimum atomic E-state index is 0.201. The van der Waals surface area contributed by atoms with Crippen molar-refractivity contribution in [3.63, 3.8) is 0 Å². The normalized spacial score (nSPS) is 19.1. The predicted octanol–water partition coefficient (Wildman–Crippen LogP) is 2.23. The van der Waals surface area contributed by atoms with E-state index >= 15 is 0 Å². The third-order valence-corrected chi connectivity index (χ3v) is 2.51. The van der Waals surface area contributed by atoms with Crippen LogP contribution in [0, 0.1) is 6.07 Å². The molecule has 75 valence electrons. The summed E-state index contributed by atoms with van der Waals surface area (Å²) in [6, 6.07) is 10.8.